The highest BCUT2D eigenvalue weighted by Crippen LogP contribution is 2.31. The topological polar surface area (TPSA) is 29.5 Å². The van der Waals surface area contributed by atoms with Crippen LogP contribution in [0.2, 0.25) is 5.02 Å². The van der Waals surface area contributed by atoms with Crippen molar-refractivity contribution in [1.82, 2.24) is 0 Å². The molecule has 2 nitrogen and oxygen atoms in total. The molecule has 5 heteroatoms. The Hall–Kier alpha value is -0.320. The van der Waals surface area contributed by atoms with Gasteiger partial charge in [0.2, 0.25) is 0 Å². The van der Waals surface area contributed by atoms with Crippen LogP contribution in [0.25, 0.3) is 0 Å². The Morgan fingerprint density at radius 2 is 2.00 bits per heavy atom. The van der Waals surface area contributed by atoms with Crippen molar-refractivity contribution in [2.75, 3.05) is 6.61 Å². The largest absolute Gasteiger partial charge is 0.489 e. The average Bonchev–Trinajstić information content (AvgIpc) is 2.32. The van der Waals surface area contributed by atoms with Gasteiger partial charge in [-0.15, -0.1) is 0 Å². The first-order chi connectivity index (χ1) is 7.91. The highest BCUT2D eigenvalue weighted by molar-refractivity contribution is 9.10. The number of halogens is 3. The average molecular weight is 326 g/mol. The zero-order valence-corrected chi connectivity index (χ0v) is 12.1. The fourth-order valence-electron chi connectivity index (χ4n) is 1.28. The second-order valence-corrected chi connectivity index (χ2v) is 5.18. The van der Waals surface area contributed by atoms with Crippen LogP contribution in [0, 0.1) is 5.82 Å². The van der Waals surface area contributed by atoms with Crippen molar-refractivity contribution in [3.63, 3.8) is 0 Å². The van der Waals surface area contributed by atoms with E-state index in [2.05, 4.69) is 15.9 Å². The third-order valence-corrected chi connectivity index (χ3v) is 3.70. The number of hydrogen-bond acceptors (Lipinski definition) is 2. The summed E-state index contributed by atoms with van der Waals surface area (Å²) in [7, 11) is 0. The maximum atomic E-state index is 13.2. The molecule has 0 fully saturated rings. The first-order valence-electron chi connectivity index (χ1n) is 5.41. The maximum absolute atomic E-state index is 13.2. The summed E-state index contributed by atoms with van der Waals surface area (Å²) >= 11 is 8.86. The van der Waals surface area contributed by atoms with E-state index in [9.17, 15) is 9.50 Å². The van der Waals surface area contributed by atoms with Gasteiger partial charge in [-0.05, 0) is 34.8 Å². The Labute approximate surface area is 114 Å². The third kappa shape index (κ3) is 3.83. The van der Waals surface area contributed by atoms with Gasteiger partial charge in [-0.2, -0.15) is 0 Å². The van der Waals surface area contributed by atoms with E-state index >= 15 is 0 Å². The van der Waals surface area contributed by atoms with Gasteiger partial charge in [-0.25, -0.2) is 4.39 Å². The Bertz CT molecular complexity index is 394. The summed E-state index contributed by atoms with van der Waals surface area (Å²) in [5.74, 6) is -0.200. The van der Waals surface area contributed by atoms with Gasteiger partial charge in [0.15, 0.2) is 0 Å². The van der Waals surface area contributed by atoms with Crippen molar-refractivity contribution in [3.8, 4) is 5.75 Å². The summed E-state index contributed by atoms with van der Waals surface area (Å²) in [6.07, 6.45) is 1.16. The molecule has 1 rings (SSSR count). The van der Waals surface area contributed by atoms with Gasteiger partial charge in [0.05, 0.1) is 15.1 Å². The number of aliphatic hydroxyl groups is 1. The van der Waals surface area contributed by atoms with Crippen LogP contribution >= 0.6 is 27.5 Å². The lowest BCUT2D eigenvalue weighted by Crippen LogP contribution is -2.34. The van der Waals surface area contributed by atoms with E-state index < -0.39 is 11.4 Å². The fraction of sp³-hybridized carbons (Fsp3) is 0.500. The summed E-state index contributed by atoms with van der Waals surface area (Å²) in [5, 5.41) is 10.1. The molecule has 17 heavy (non-hydrogen) atoms. The normalized spacial score (nSPS) is 11.6. The molecule has 1 N–H and O–H groups in total. The van der Waals surface area contributed by atoms with Crippen molar-refractivity contribution < 1.29 is 14.2 Å². The first-order valence-corrected chi connectivity index (χ1v) is 6.58. The minimum atomic E-state index is -0.879. The van der Waals surface area contributed by atoms with E-state index in [1.54, 1.807) is 0 Å². The molecule has 0 saturated carbocycles. The van der Waals surface area contributed by atoms with E-state index in [4.69, 9.17) is 16.3 Å². The molecule has 1 aromatic carbocycles. The van der Waals surface area contributed by atoms with Gasteiger partial charge in [0, 0.05) is 6.07 Å². The van der Waals surface area contributed by atoms with Crippen LogP contribution in [-0.2, 0) is 0 Å². The van der Waals surface area contributed by atoms with E-state index in [0.29, 0.717) is 23.1 Å². The van der Waals surface area contributed by atoms with Crippen molar-refractivity contribution >= 4 is 27.5 Å². The molecule has 0 aromatic heterocycles. The van der Waals surface area contributed by atoms with E-state index in [1.807, 2.05) is 13.8 Å². The molecule has 0 saturated heterocycles. The molecule has 0 unspecified atom stereocenters. The van der Waals surface area contributed by atoms with Crippen LogP contribution in [0.5, 0.6) is 5.75 Å². The van der Waals surface area contributed by atoms with Crippen LogP contribution in [0.15, 0.2) is 16.6 Å². The van der Waals surface area contributed by atoms with Crippen molar-refractivity contribution in [1.29, 1.82) is 0 Å². The molecule has 0 radical (unpaired) electrons. The minimum absolute atomic E-state index is 0.0328. The third-order valence-electron chi connectivity index (χ3n) is 2.79. The zero-order chi connectivity index (χ0) is 13.1. The smallest absolute Gasteiger partial charge is 0.145 e. The standard InChI is InChI=1S/C12H15BrClFO2/c1-3-12(16,4-2)7-17-11-6-10(15)9(14)5-8(11)13/h5-6,16H,3-4,7H2,1-2H3. The van der Waals surface area contributed by atoms with Crippen LogP contribution < -0.4 is 4.74 Å². The lowest BCUT2D eigenvalue weighted by atomic mass is 9.99. The Morgan fingerprint density at radius 3 is 2.53 bits per heavy atom. The first kappa shape index (κ1) is 14.7. The Morgan fingerprint density at radius 1 is 1.41 bits per heavy atom. The molecule has 0 aliphatic heterocycles. The number of hydrogen-bond donors (Lipinski definition) is 1. The second-order valence-electron chi connectivity index (χ2n) is 3.92. The SMILES string of the molecule is CCC(O)(CC)COc1cc(F)c(Cl)cc1Br. The van der Waals surface area contributed by atoms with Gasteiger partial charge in [-0.1, -0.05) is 25.4 Å². The van der Waals surface area contributed by atoms with Gasteiger partial charge < -0.3 is 9.84 Å². The summed E-state index contributed by atoms with van der Waals surface area (Å²) in [6.45, 7) is 3.88. The minimum Gasteiger partial charge on any atom is -0.489 e. The predicted molar refractivity (Wildman–Crippen MR) is 70.1 cm³/mol. The fourth-order valence-corrected chi connectivity index (χ4v) is 2.03. The molecule has 0 spiro atoms. The van der Waals surface area contributed by atoms with Gasteiger partial charge in [0.1, 0.15) is 18.2 Å². The molecular weight excluding hydrogens is 310 g/mol. The Kier molecular flexibility index (Phi) is 5.22. The quantitative estimate of drug-likeness (QED) is 0.823. The summed E-state index contributed by atoms with van der Waals surface area (Å²) in [4.78, 5) is 0. The summed E-state index contributed by atoms with van der Waals surface area (Å²) in [6, 6.07) is 2.64. The van der Waals surface area contributed by atoms with Crippen LogP contribution in [-0.4, -0.2) is 17.3 Å². The molecule has 0 bridgehead atoms. The molecule has 96 valence electrons. The highest BCUT2D eigenvalue weighted by atomic mass is 79.9. The lowest BCUT2D eigenvalue weighted by Gasteiger charge is -2.25. The molecule has 0 aliphatic rings. The zero-order valence-electron chi connectivity index (χ0n) is 9.77. The van der Waals surface area contributed by atoms with Gasteiger partial charge >= 0.3 is 0 Å². The highest BCUT2D eigenvalue weighted by Gasteiger charge is 2.23. The van der Waals surface area contributed by atoms with Crippen molar-refractivity contribution in [3.05, 3.63) is 27.4 Å². The van der Waals surface area contributed by atoms with E-state index in [-0.39, 0.29) is 11.6 Å². The van der Waals surface area contributed by atoms with Gasteiger partial charge in [-0.3, -0.25) is 0 Å². The maximum Gasteiger partial charge on any atom is 0.145 e. The molecule has 0 atom stereocenters. The molecule has 0 heterocycles. The second kappa shape index (κ2) is 6.03. The van der Waals surface area contributed by atoms with Crippen LogP contribution in [0.4, 0.5) is 4.39 Å². The predicted octanol–water partition coefficient (Wildman–Crippen LogP) is 4.17. The molecule has 0 amide bonds. The summed E-state index contributed by atoms with van der Waals surface area (Å²) in [5.41, 5.74) is -0.879. The number of benzene rings is 1. The number of ether oxygens (including phenoxy) is 1. The number of rotatable bonds is 5. The lowest BCUT2D eigenvalue weighted by molar-refractivity contribution is -0.0116. The molecular formula is C12H15BrClFO2. The van der Waals surface area contributed by atoms with Crippen molar-refractivity contribution in [2.24, 2.45) is 0 Å². The van der Waals surface area contributed by atoms with Crippen LogP contribution in [0.1, 0.15) is 26.7 Å². The van der Waals surface area contributed by atoms with E-state index in [0.717, 1.165) is 0 Å². The monoisotopic (exact) mass is 324 g/mol. The molecule has 1 aromatic rings. The van der Waals surface area contributed by atoms with E-state index in [1.165, 1.54) is 12.1 Å². The van der Waals surface area contributed by atoms with Crippen molar-refractivity contribution in [2.45, 2.75) is 32.3 Å². The van der Waals surface area contributed by atoms with Gasteiger partial charge in [0.25, 0.3) is 0 Å². The van der Waals surface area contributed by atoms with Crippen LogP contribution in [0.3, 0.4) is 0 Å². The molecule has 0 aliphatic carbocycles. The summed E-state index contributed by atoms with van der Waals surface area (Å²) < 4.78 is 19.2. The Balaban J connectivity index is 2.79.